The first-order valence-corrected chi connectivity index (χ1v) is 8.03. The first-order chi connectivity index (χ1) is 11.7. The monoisotopic (exact) mass is 339 g/mol. The van der Waals surface area contributed by atoms with Crippen LogP contribution in [-0.2, 0) is 0 Å². The summed E-state index contributed by atoms with van der Waals surface area (Å²) in [4.78, 5) is 16.7. The molecule has 1 amide bonds. The maximum atomic E-state index is 12.5. The molecule has 0 aliphatic heterocycles. The number of aromatic nitrogens is 4. The summed E-state index contributed by atoms with van der Waals surface area (Å²) in [6, 6.07) is 11.2. The summed E-state index contributed by atoms with van der Waals surface area (Å²) in [6.45, 7) is 0. The number of pyridine rings is 1. The van der Waals surface area contributed by atoms with Gasteiger partial charge >= 0.3 is 0 Å². The first-order valence-electron chi connectivity index (χ1n) is 7.65. The molecule has 0 saturated heterocycles. The Morgan fingerprint density at radius 1 is 1.21 bits per heavy atom. The van der Waals surface area contributed by atoms with Crippen molar-refractivity contribution in [3.8, 4) is 16.9 Å². The summed E-state index contributed by atoms with van der Waals surface area (Å²) < 4.78 is 1.63. The standard InChI is InChI=1S/C17H14ClN5O/c18-12-3-7-14(8-4-12)23-16(11-2-1-9-19-10-11)15(21-22-23)17(24)20-13-5-6-13/h1-4,7-10,13H,5-6H2,(H,20,24). The molecule has 0 bridgehead atoms. The largest absolute Gasteiger partial charge is 0.348 e. The molecule has 0 spiro atoms. The van der Waals surface area contributed by atoms with Crippen LogP contribution in [-0.4, -0.2) is 31.9 Å². The van der Waals surface area contributed by atoms with Gasteiger partial charge in [-0.05, 0) is 49.2 Å². The molecule has 1 saturated carbocycles. The van der Waals surface area contributed by atoms with Gasteiger partial charge in [0.25, 0.3) is 5.91 Å². The Morgan fingerprint density at radius 3 is 2.67 bits per heavy atom. The smallest absolute Gasteiger partial charge is 0.274 e. The average molecular weight is 340 g/mol. The molecule has 2 heterocycles. The van der Waals surface area contributed by atoms with Crippen LogP contribution in [0.2, 0.25) is 5.02 Å². The molecule has 1 aromatic carbocycles. The fourth-order valence-electron chi connectivity index (χ4n) is 2.44. The molecule has 120 valence electrons. The quantitative estimate of drug-likeness (QED) is 0.793. The molecule has 6 nitrogen and oxygen atoms in total. The van der Waals surface area contributed by atoms with E-state index in [0.717, 1.165) is 24.1 Å². The second-order valence-corrected chi connectivity index (χ2v) is 6.10. The van der Waals surface area contributed by atoms with Crippen molar-refractivity contribution >= 4 is 17.5 Å². The van der Waals surface area contributed by atoms with E-state index in [2.05, 4.69) is 20.6 Å². The third kappa shape index (κ3) is 2.88. The van der Waals surface area contributed by atoms with Crippen molar-refractivity contribution in [2.45, 2.75) is 18.9 Å². The van der Waals surface area contributed by atoms with Crippen molar-refractivity contribution in [3.05, 3.63) is 59.5 Å². The predicted molar refractivity (Wildman–Crippen MR) is 90.1 cm³/mol. The minimum atomic E-state index is -0.212. The van der Waals surface area contributed by atoms with Crippen LogP contribution < -0.4 is 5.32 Å². The molecular formula is C17H14ClN5O. The van der Waals surface area contributed by atoms with Crippen LogP contribution in [0.5, 0.6) is 0 Å². The molecule has 4 rings (SSSR count). The van der Waals surface area contributed by atoms with Gasteiger partial charge in [0.2, 0.25) is 0 Å². The van der Waals surface area contributed by atoms with Gasteiger partial charge in [-0.25, -0.2) is 4.68 Å². The van der Waals surface area contributed by atoms with Crippen LogP contribution in [0.1, 0.15) is 23.3 Å². The molecule has 1 aliphatic carbocycles. The third-order valence-corrected chi connectivity index (χ3v) is 4.06. The van der Waals surface area contributed by atoms with E-state index >= 15 is 0 Å². The van der Waals surface area contributed by atoms with E-state index < -0.39 is 0 Å². The Hall–Kier alpha value is -2.73. The van der Waals surface area contributed by atoms with Crippen molar-refractivity contribution in [1.29, 1.82) is 0 Å². The van der Waals surface area contributed by atoms with Crippen molar-refractivity contribution in [3.63, 3.8) is 0 Å². The minimum absolute atomic E-state index is 0.212. The SMILES string of the molecule is O=C(NC1CC1)c1nnn(-c2ccc(Cl)cc2)c1-c1cccnc1. The van der Waals surface area contributed by atoms with Gasteiger partial charge in [0, 0.05) is 29.0 Å². The Bertz CT molecular complexity index is 872. The average Bonchev–Trinajstić information content (AvgIpc) is 3.31. The summed E-state index contributed by atoms with van der Waals surface area (Å²) in [5.41, 5.74) is 2.46. The number of carbonyl (C=O) groups is 1. The molecule has 3 aromatic rings. The van der Waals surface area contributed by atoms with Gasteiger partial charge < -0.3 is 5.32 Å². The third-order valence-electron chi connectivity index (χ3n) is 3.80. The number of hydrogen-bond acceptors (Lipinski definition) is 4. The van der Waals surface area contributed by atoms with E-state index in [0.29, 0.717) is 16.4 Å². The van der Waals surface area contributed by atoms with Crippen LogP contribution in [0.25, 0.3) is 16.9 Å². The molecule has 1 N–H and O–H groups in total. The van der Waals surface area contributed by atoms with E-state index in [1.54, 1.807) is 29.2 Å². The maximum Gasteiger partial charge on any atom is 0.274 e. The van der Waals surface area contributed by atoms with E-state index in [1.807, 2.05) is 24.3 Å². The van der Waals surface area contributed by atoms with Gasteiger partial charge in [-0.15, -0.1) is 5.10 Å². The second-order valence-electron chi connectivity index (χ2n) is 5.66. The predicted octanol–water partition coefficient (Wildman–Crippen LogP) is 2.87. The minimum Gasteiger partial charge on any atom is -0.348 e. The van der Waals surface area contributed by atoms with Crippen LogP contribution in [0, 0.1) is 0 Å². The molecule has 0 radical (unpaired) electrons. The highest BCUT2D eigenvalue weighted by Gasteiger charge is 2.28. The highest BCUT2D eigenvalue weighted by Crippen LogP contribution is 2.26. The lowest BCUT2D eigenvalue weighted by Gasteiger charge is -2.08. The number of benzene rings is 1. The maximum absolute atomic E-state index is 12.5. The second kappa shape index (κ2) is 6.05. The first kappa shape index (κ1) is 14.8. The number of nitrogens with zero attached hydrogens (tertiary/aromatic N) is 4. The zero-order valence-corrected chi connectivity index (χ0v) is 13.4. The molecule has 1 fully saturated rings. The van der Waals surface area contributed by atoms with Gasteiger partial charge in [0.05, 0.1) is 5.69 Å². The number of carbonyl (C=O) groups excluding carboxylic acids is 1. The lowest BCUT2D eigenvalue weighted by molar-refractivity contribution is 0.0946. The van der Waals surface area contributed by atoms with Gasteiger partial charge in [-0.3, -0.25) is 9.78 Å². The van der Waals surface area contributed by atoms with Crippen molar-refractivity contribution < 1.29 is 4.79 Å². The highest BCUT2D eigenvalue weighted by atomic mass is 35.5. The van der Waals surface area contributed by atoms with E-state index in [1.165, 1.54) is 0 Å². The van der Waals surface area contributed by atoms with E-state index in [4.69, 9.17) is 11.6 Å². The normalized spacial score (nSPS) is 13.7. The van der Waals surface area contributed by atoms with Gasteiger partial charge in [0.15, 0.2) is 5.69 Å². The van der Waals surface area contributed by atoms with Crippen LogP contribution in [0.15, 0.2) is 48.8 Å². The van der Waals surface area contributed by atoms with Gasteiger partial charge in [-0.1, -0.05) is 16.8 Å². The van der Waals surface area contributed by atoms with Gasteiger partial charge in [0.1, 0.15) is 5.69 Å². The zero-order chi connectivity index (χ0) is 16.5. The number of halogens is 1. The highest BCUT2D eigenvalue weighted by molar-refractivity contribution is 6.30. The summed E-state index contributed by atoms with van der Waals surface area (Å²) >= 11 is 5.96. The lowest BCUT2D eigenvalue weighted by atomic mass is 10.1. The number of amides is 1. The van der Waals surface area contributed by atoms with Crippen molar-refractivity contribution in [2.24, 2.45) is 0 Å². The molecule has 2 aromatic heterocycles. The topological polar surface area (TPSA) is 72.7 Å². The number of nitrogens with one attached hydrogen (secondary N) is 1. The molecular weight excluding hydrogens is 326 g/mol. The Morgan fingerprint density at radius 2 is 2.00 bits per heavy atom. The summed E-state index contributed by atoms with van der Waals surface area (Å²) in [5.74, 6) is -0.212. The summed E-state index contributed by atoms with van der Waals surface area (Å²) in [7, 11) is 0. The van der Waals surface area contributed by atoms with Crippen LogP contribution in [0.4, 0.5) is 0 Å². The Balaban J connectivity index is 1.83. The summed E-state index contributed by atoms with van der Waals surface area (Å²) in [6.07, 6.45) is 5.40. The molecule has 1 aliphatic rings. The van der Waals surface area contributed by atoms with E-state index in [-0.39, 0.29) is 11.9 Å². The summed E-state index contributed by atoms with van der Waals surface area (Å²) in [5, 5.41) is 11.9. The Labute approximate surface area is 143 Å². The number of hydrogen-bond donors (Lipinski definition) is 1. The Kier molecular flexibility index (Phi) is 3.74. The molecule has 24 heavy (non-hydrogen) atoms. The molecule has 7 heteroatoms. The van der Waals surface area contributed by atoms with Crippen molar-refractivity contribution in [1.82, 2.24) is 25.3 Å². The zero-order valence-electron chi connectivity index (χ0n) is 12.7. The van der Waals surface area contributed by atoms with Crippen LogP contribution in [0.3, 0.4) is 0 Å². The van der Waals surface area contributed by atoms with E-state index in [9.17, 15) is 4.79 Å². The fourth-order valence-corrected chi connectivity index (χ4v) is 2.57. The lowest BCUT2D eigenvalue weighted by Crippen LogP contribution is -2.26. The fraction of sp³-hybridized carbons (Fsp3) is 0.176. The molecule has 0 atom stereocenters. The number of rotatable bonds is 4. The van der Waals surface area contributed by atoms with Crippen LogP contribution >= 0.6 is 11.6 Å². The molecule has 0 unspecified atom stereocenters. The van der Waals surface area contributed by atoms with Crippen molar-refractivity contribution in [2.75, 3.05) is 0 Å². The van der Waals surface area contributed by atoms with Gasteiger partial charge in [-0.2, -0.15) is 0 Å².